The van der Waals surface area contributed by atoms with E-state index in [9.17, 15) is 24.9 Å². The second-order valence-electron chi connectivity index (χ2n) is 7.19. The smallest absolute Gasteiger partial charge is 0.315 e. The van der Waals surface area contributed by atoms with Crippen LogP contribution in [0.2, 0.25) is 0 Å². The van der Waals surface area contributed by atoms with Crippen molar-refractivity contribution in [1.29, 1.82) is 0 Å². The summed E-state index contributed by atoms with van der Waals surface area (Å²) in [7, 11) is 0. The summed E-state index contributed by atoms with van der Waals surface area (Å²) in [6.07, 6.45) is 0. The molecule has 1 aromatic carbocycles. The molecule has 136 valence electrons. The molecular formula is C17H23N3O5. The van der Waals surface area contributed by atoms with Crippen LogP contribution in [0.25, 0.3) is 0 Å². The van der Waals surface area contributed by atoms with E-state index < -0.39 is 41.5 Å². The Morgan fingerprint density at radius 3 is 2.60 bits per heavy atom. The Bertz CT molecular complexity index is 737. The molecule has 1 aromatic rings. The number of fused-ring (bicyclic) bond motifs is 1. The molecule has 8 heteroatoms. The molecule has 1 heterocycles. The van der Waals surface area contributed by atoms with Gasteiger partial charge in [0.05, 0.1) is 24.2 Å². The van der Waals surface area contributed by atoms with Crippen molar-refractivity contribution in [3.8, 4) is 0 Å². The molecule has 1 aliphatic heterocycles. The summed E-state index contributed by atoms with van der Waals surface area (Å²) < 4.78 is 0. The minimum Gasteiger partial charge on any atom is -0.393 e. The maximum Gasteiger partial charge on any atom is 0.315 e. The first kappa shape index (κ1) is 17.7. The van der Waals surface area contributed by atoms with Gasteiger partial charge in [-0.05, 0) is 32.9 Å². The third-order valence-electron chi connectivity index (χ3n) is 5.82. The topological polar surface area (TPSA) is 131 Å². The van der Waals surface area contributed by atoms with Crippen molar-refractivity contribution in [3.05, 3.63) is 29.8 Å². The van der Waals surface area contributed by atoms with E-state index in [1.54, 1.807) is 31.2 Å². The summed E-state index contributed by atoms with van der Waals surface area (Å²) in [5.41, 5.74) is -3.92. The highest BCUT2D eigenvalue weighted by molar-refractivity contribution is 5.95. The predicted octanol–water partition coefficient (Wildman–Crippen LogP) is -0.402. The molecule has 0 spiro atoms. The standard InChI is InChI=1S/C17H23N3O5/c1-9(22)10-5-4-6-11(7-10)18-13-12-15(2,20-14(23)19-12)16(3,24)17(13,25)8-21/h4-7,12-13,18,21,24-25H,8H2,1-3H3,(H2,19,20,23)/t12-,13-,15-,16+,17+/m0/s1. The second-order valence-corrected chi connectivity index (χ2v) is 7.19. The highest BCUT2D eigenvalue weighted by Gasteiger charge is 2.75. The minimum atomic E-state index is -1.93. The zero-order valence-corrected chi connectivity index (χ0v) is 14.3. The van der Waals surface area contributed by atoms with E-state index in [2.05, 4.69) is 16.0 Å². The number of anilines is 1. The number of rotatable bonds is 4. The maximum atomic E-state index is 11.8. The Morgan fingerprint density at radius 2 is 2.00 bits per heavy atom. The van der Waals surface area contributed by atoms with Crippen LogP contribution in [0.5, 0.6) is 0 Å². The van der Waals surface area contributed by atoms with Crippen LogP contribution < -0.4 is 16.0 Å². The molecule has 2 amide bonds. The van der Waals surface area contributed by atoms with Crippen molar-refractivity contribution in [2.45, 2.75) is 49.6 Å². The number of carbonyl (C=O) groups excluding carboxylic acids is 2. The molecule has 5 atom stereocenters. The molecule has 1 aliphatic carbocycles. The number of aliphatic hydroxyl groups excluding tert-OH is 1. The number of amides is 2. The van der Waals surface area contributed by atoms with E-state index in [1.807, 2.05) is 0 Å². The lowest BCUT2D eigenvalue weighted by Crippen LogP contribution is -2.67. The molecule has 0 radical (unpaired) electrons. The normalized spacial score (nSPS) is 39.5. The van der Waals surface area contributed by atoms with Crippen molar-refractivity contribution >= 4 is 17.5 Å². The predicted molar refractivity (Wildman–Crippen MR) is 90.4 cm³/mol. The Hall–Kier alpha value is -2.16. The Morgan fingerprint density at radius 1 is 1.32 bits per heavy atom. The Kier molecular flexibility index (Phi) is 3.83. The van der Waals surface area contributed by atoms with Crippen LogP contribution in [0, 0.1) is 0 Å². The van der Waals surface area contributed by atoms with Gasteiger partial charge in [-0.25, -0.2) is 4.79 Å². The van der Waals surface area contributed by atoms with Crippen molar-refractivity contribution in [3.63, 3.8) is 0 Å². The lowest BCUT2D eigenvalue weighted by molar-refractivity contribution is -0.167. The Labute approximate surface area is 145 Å². The van der Waals surface area contributed by atoms with Gasteiger partial charge in [-0.1, -0.05) is 12.1 Å². The third-order valence-corrected chi connectivity index (χ3v) is 5.82. The summed E-state index contributed by atoms with van der Waals surface area (Å²) in [5.74, 6) is -0.111. The van der Waals surface area contributed by atoms with Gasteiger partial charge in [-0.15, -0.1) is 0 Å². The van der Waals surface area contributed by atoms with Crippen LogP contribution in [0.1, 0.15) is 31.1 Å². The van der Waals surface area contributed by atoms with E-state index in [0.29, 0.717) is 11.3 Å². The lowest BCUT2D eigenvalue weighted by Gasteiger charge is -2.43. The molecule has 1 saturated carbocycles. The quantitative estimate of drug-likeness (QED) is 0.410. The molecule has 2 aliphatic rings. The van der Waals surface area contributed by atoms with Gasteiger partial charge in [0.2, 0.25) is 0 Å². The first-order chi connectivity index (χ1) is 11.6. The summed E-state index contributed by atoms with van der Waals surface area (Å²) in [4.78, 5) is 23.4. The van der Waals surface area contributed by atoms with Crippen molar-refractivity contribution < 1.29 is 24.9 Å². The number of hydrogen-bond acceptors (Lipinski definition) is 6. The molecule has 8 nitrogen and oxygen atoms in total. The summed E-state index contributed by atoms with van der Waals surface area (Å²) in [5, 5.41) is 40.3. The Balaban J connectivity index is 2.03. The molecular weight excluding hydrogens is 326 g/mol. The van der Waals surface area contributed by atoms with E-state index >= 15 is 0 Å². The summed E-state index contributed by atoms with van der Waals surface area (Å²) in [6.45, 7) is 3.73. The summed E-state index contributed by atoms with van der Waals surface area (Å²) >= 11 is 0. The molecule has 0 unspecified atom stereocenters. The molecule has 25 heavy (non-hydrogen) atoms. The zero-order chi connectivity index (χ0) is 18.6. The number of aliphatic hydroxyl groups is 3. The van der Waals surface area contributed by atoms with Crippen molar-refractivity contribution in [2.24, 2.45) is 0 Å². The highest BCUT2D eigenvalue weighted by Crippen LogP contribution is 2.49. The van der Waals surface area contributed by atoms with Gasteiger partial charge >= 0.3 is 6.03 Å². The molecule has 3 rings (SSSR count). The average molecular weight is 349 g/mol. The number of carbonyl (C=O) groups is 2. The molecule has 2 fully saturated rings. The summed E-state index contributed by atoms with van der Waals surface area (Å²) in [6, 6.07) is 4.64. The highest BCUT2D eigenvalue weighted by atomic mass is 16.4. The number of hydrogen-bond donors (Lipinski definition) is 6. The van der Waals surface area contributed by atoms with E-state index in [1.165, 1.54) is 13.8 Å². The fourth-order valence-corrected chi connectivity index (χ4v) is 3.97. The number of ketones is 1. The number of urea groups is 1. The monoisotopic (exact) mass is 349 g/mol. The van der Waals surface area contributed by atoms with Crippen molar-refractivity contribution in [2.75, 3.05) is 11.9 Å². The van der Waals surface area contributed by atoms with Crippen LogP contribution in [-0.4, -0.2) is 62.6 Å². The molecule has 6 N–H and O–H groups in total. The molecule has 1 saturated heterocycles. The van der Waals surface area contributed by atoms with Crippen molar-refractivity contribution in [1.82, 2.24) is 10.6 Å². The van der Waals surface area contributed by atoms with Crippen LogP contribution >= 0.6 is 0 Å². The van der Waals surface area contributed by atoms with Crippen LogP contribution in [0.4, 0.5) is 10.5 Å². The first-order valence-corrected chi connectivity index (χ1v) is 8.08. The third kappa shape index (κ3) is 2.25. The fraction of sp³-hybridized carbons (Fsp3) is 0.529. The minimum absolute atomic E-state index is 0.111. The zero-order valence-electron chi connectivity index (χ0n) is 14.3. The van der Waals surface area contributed by atoms with Gasteiger partial charge in [-0.2, -0.15) is 0 Å². The maximum absolute atomic E-state index is 11.8. The van der Waals surface area contributed by atoms with E-state index in [4.69, 9.17) is 0 Å². The van der Waals surface area contributed by atoms with Gasteiger partial charge < -0.3 is 31.3 Å². The number of Topliss-reactive ketones (excluding diaryl/α,β-unsaturated/α-hetero) is 1. The van der Waals surface area contributed by atoms with Gasteiger partial charge in [0.1, 0.15) is 11.2 Å². The number of nitrogens with one attached hydrogen (secondary N) is 3. The van der Waals surface area contributed by atoms with Gasteiger partial charge in [0, 0.05) is 11.3 Å². The van der Waals surface area contributed by atoms with Gasteiger partial charge in [0.15, 0.2) is 5.78 Å². The first-order valence-electron chi connectivity index (χ1n) is 8.08. The van der Waals surface area contributed by atoms with Gasteiger partial charge in [-0.3, -0.25) is 4.79 Å². The van der Waals surface area contributed by atoms with Gasteiger partial charge in [0.25, 0.3) is 0 Å². The fourth-order valence-electron chi connectivity index (χ4n) is 3.97. The second kappa shape index (κ2) is 5.42. The largest absolute Gasteiger partial charge is 0.393 e. The SMILES string of the molecule is CC(=O)c1cccc(N[C@H]2[C@@H]3NC(=O)N[C@]3(C)[C@@](C)(O)[C@@]2(O)CO)c1. The van der Waals surface area contributed by atoms with E-state index in [-0.39, 0.29) is 5.78 Å². The lowest BCUT2D eigenvalue weighted by atomic mass is 9.78. The van der Waals surface area contributed by atoms with Crippen LogP contribution in [-0.2, 0) is 0 Å². The average Bonchev–Trinajstić information content (AvgIpc) is 2.92. The number of benzene rings is 1. The molecule has 0 bridgehead atoms. The molecule has 0 aromatic heterocycles. The van der Waals surface area contributed by atoms with E-state index in [0.717, 1.165) is 0 Å². The van der Waals surface area contributed by atoms with Crippen LogP contribution in [0.3, 0.4) is 0 Å². The van der Waals surface area contributed by atoms with Crippen LogP contribution in [0.15, 0.2) is 24.3 Å².